The fourth-order valence-corrected chi connectivity index (χ4v) is 2.84. The fraction of sp³-hybridized carbons (Fsp3) is 0.412. The van der Waals surface area contributed by atoms with E-state index in [1.165, 1.54) is 0 Å². The summed E-state index contributed by atoms with van der Waals surface area (Å²) in [6.45, 7) is 0.350. The largest absolute Gasteiger partial charge is 0.467 e. The van der Waals surface area contributed by atoms with Crippen LogP contribution in [0.3, 0.4) is 0 Å². The lowest BCUT2D eigenvalue weighted by atomic mass is 9.76. The van der Waals surface area contributed by atoms with Crippen molar-refractivity contribution in [3.05, 3.63) is 54.2 Å². The van der Waals surface area contributed by atoms with E-state index in [0.717, 1.165) is 18.5 Å². The minimum Gasteiger partial charge on any atom is -0.467 e. The third-order valence-corrected chi connectivity index (χ3v) is 4.19. The molecular formula is C17H21N3O3. The second-order valence-corrected chi connectivity index (χ2v) is 5.92. The van der Waals surface area contributed by atoms with Crippen LogP contribution in [0.2, 0.25) is 0 Å². The Kier molecular flexibility index (Phi) is 4.92. The predicted molar refractivity (Wildman–Crippen MR) is 84.5 cm³/mol. The number of hydrogen-bond acceptors (Lipinski definition) is 4. The lowest BCUT2D eigenvalue weighted by molar-refractivity contribution is 0.0261. The molecule has 23 heavy (non-hydrogen) atoms. The Morgan fingerprint density at radius 3 is 2.87 bits per heavy atom. The van der Waals surface area contributed by atoms with Gasteiger partial charge in [0.25, 0.3) is 0 Å². The monoisotopic (exact) mass is 315 g/mol. The van der Waals surface area contributed by atoms with Gasteiger partial charge in [0.15, 0.2) is 0 Å². The van der Waals surface area contributed by atoms with E-state index in [1.807, 2.05) is 24.3 Å². The number of nitrogens with zero attached hydrogens (tertiary/aromatic N) is 1. The highest BCUT2D eigenvalue weighted by molar-refractivity contribution is 5.74. The maximum Gasteiger partial charge on any atom is 0.315 e. The van der Waals surface area contributed by atoms with Crippen LogP contribution in [-0.4, -0.2) is 28.3 Å². The molecule has 0 bridgehead atoms. The second-order valence-electron chi connectivity index (χ2n) is 5.92. The van der Waals surface area contributed by atoms with Crippen molar-refractivity contribution in [2.24, 2.45) is 5.92 Å². The number of nitrogens with one attached hydrogen (secondary N) is 2. The van der Waals surface area contributed by atoms with Crippen molar-refractivity contribution in [3.63, 3.8) is 0 Å². The van der Waals surface area contributed by atoms with E-state index in [0.29, 0.717) is 18.7 Å². The van der Waals surface area contributed by atoms with Gasteiger partial charge >= 0.3 is 6.03 Å². The molecule has 1 fully saturated rings. The number of furan rings is 1. The van der Waals surface area contributed by atoms with Gasteiger partial charge in [0.1, 0.15) is 5.76 Å². The molecule has 1 saturated carbocycles. The first-order valence-electron chi connectivity index (χ1n) is 7.85. The van der Waals surface area contributed by atoms with Crippen LogP contribution in [0.4, 0.5) is 4.79 Å². The molecule has 122 valence electrons. The third kappa shape index (κ3) is 4.32. The van der Waals surface area contributed by atoms with Crippen molar-refractivity contribution in [1.82, 2.24) is 15.6 Å². The zero-order valence-electron chi connectivity index (χ0n) is 12.8. The van der Waals surface area contributed by atoms with Crippen LogP contribution in [0.15, 0.2) is 47.2 Å². The van der Waals surface area contributed by atoms with Gasteiger partial charge in [0.05, 0.1) is 18.9 Å². The number of urea groups is 1. The SMILES string of the molecule is O=C(NCc1ccco1)NC(Cc1ccccn1)C1CC(O)C1. The average molecular weight is 315 g/mol. The highest BCUT2D eigenvalue weighted by Crippen LogP contribution is 2.31. The van der Waals surface area contributed by atoms with Crippen molar-refractivity contribution in [2.45, 2.75) is 38.0 Å². The summed E-state index contributed by atoms with van der Waals surface area (Å²) >= 11 is 0. The minimum absolute atomic E-state index is 0.0371. The molecule has 0 aromatic carbocycles. The molecule has 6 heteroatoms. The summed E-state index contributed by atoms with van der Waals surface area (Å²) in [5.74, 6) is 0.988. The van der Waals surface area contributed by atoms with E-state index in [9.17, 15) is 9.90 Å². The molecule has 6 nitrogen and oxygen atoms in total. The Balaban J connectivity index is 1.55. The third-order valence-electron chi connectivity index (χ3n) is 4.19. The van der Waals surface area contributed by atoms with Crippen LogP contribution in [0, 0.1) is 5.92 Å². The Bertz CT molecular complexity index is 609. The maximum atomic E-state index is 12.1. The van der Waals surface area contributed by atoms with Gasteiger partial charge in [-0.1, -0.05) is 6.07 Å². The standard InChI is InChI=1S/C17H21N3O3/c21-14-8-12(9-14)16(10-13-4-1-2-6-18-13)20-17(22)19-11-15-5-3-7-23-15/h1-7,12,14,16,21H,8-11H2,(H2,19,20,22). The zero-order chi connectivity index (χ0) is 16.1. The molecule has 2 heterocycles. The summed E-state index contributed by atoms with van der Waals surface area (Å²) in [7, 11) is 0. The lowest BCUT2D eigenvalue weighted by Crippen LogP contribution is -2.51. The molecule has 1 aliphatic carbocycles. The molecule has 1 aliphatic rings. The molecular weight excluding hydrogens is 294 g/mol. The van der Waals surface area contributed by atoms with Crippen molar-refractivity contribution in [3.8, 4) is 0 Å². The van der Waals surface area contributed by atoms with Crippen LogP contribution in [-0.2, 0) is 13.0 Å². The molecule has 3 N–H and O–H groups in total. The summed E-state index contributed by atoms with van der Waals surface area (Å²) in [5.41, 5.74) is 0.935. The number of amides is 2. The van der Waals surface area contributed by atoms with Gasteiger partial charge in [-0.25, -0.2) is 4.79 Å². The summed E-state index contributed by atoms with van der Waals surface area (Å²) in [5, 5.41) is 15.3. The molecule has 1 atom stereocenters. The number of pyridine rings is 1. The van der Waals surface area contributed by atoms with Crippen molar-refractivity contribution >= 4 is 6.03 Å². The molecule has 0 radical (unpaired) electrons. The van der Waals surface area contributed by atoms with Crippen LogP contribution in [0.1, 0.15) is 24.3 Å². The molecule has 0 saturated heterocycles. The van der Waals surface area contributed by atoms with Gasteiger partial charge in [0.2, 0.25) is 0 Å². The lowest BCUT2D eigenvalue weighted by Gasteiger charge is -2.38. The quantitative estimate of drug-likeness (QED) is 0.759. The first-order valence-corrected chi connectivity index (χ1v) is 7.85. The van der Waals surface area contributed by atoms with Crippen molar-refractivity contribution in [2.75, 3.05) is 0 Å². The Morgan fingerprint density at radius 2 is 2.22 bits per heavy atom. The van der Waals surface area contributed by atoms with Gasteiger partial charge in [-0.2, -0.15) is 0 Å². The van der Waals surface area contributed by atoms with Gasteiger partial charge in [0, 0.05) is 24.4 Å². The minimum atomic E-state index is -0.251. The highest BCUT2D eigenvalue weighted by atomic mass is 16.3. The molecule has 0 aliphatic heterocycles. The van der Waals surface area contributed by atoms with Gasteiger partial charge in [-0.3, -0.25) is 4.98 Å². The number of aliphatic hydroxyl groups excluding tert-OH is 1. The molecule has 1 unspecified atom stereocenters. The average Bonchev–Trinajstić information content (AvgIpc) is 3.04. The topological polar surface area (TPSA) is 87.4 Å². The number of hydrogen-bond donors (Lipinski definition) is 3. The number of aromatic nitrogens is 1. The van der Waals surface area contributed by atoms with Crippen LogP contribution in [0.5, 0.6) is 0 Å². The van der Waals surface area contributed by atoms with E-state index in [1.54, 1.807) is 18.5 Å². The fourth-order valence-electron chi connectivity index (χ4n) is 2.84. The van der Waals surface area contributed by atoms with E-state index in [-0.39, 0.29) is 24.1 Å². The molecule has 2 aromatic rings. The predicted octanol–water partition coefficient (Wildman–Crippen LogP) is 1.86. The summed E-state index contributed by atoms with van der Waals surface area (Å²) in [4.78, 5) is 16.4. The van der Waals surface area contributed by atoms with Gasteiger partial charge in [-0.15, -0.1) is 0 Å². The molecule has 2 aromatic heterocycles. The maximum absolute atomic E-state index is 12.1. The Labute approximate surface area is 134 Å². The molecule has 3 rings (SSSR count). The summed E-state index contributed by atoms with van der Waals surface area (Å²) in [6, 6.07) is 9.09. The molecule has 2 amide bonds. The van der Waals surface area contributed by atoms with Crippen molar-refractivity contribution < 1.29 is 14.3 Å². The van der Waals surface area contributed by atoms with Crippen LogP contribution in [0.25, 0.3) is 0 Å². The van der Waals surface area contributed by atoms with E-state index in [4.69, 9.17) is 4.42 Å². The zero-order valence-corrected chi connectivity index (χ0v) is 12.8. The van der Waals surface area contributed by atoms with E-state index < -0.39 is 0 Å². The van der Waals surface area contributed by atoms with E-state index in [2.05, 4.69) is 15.6 Å². The van der Waals surface area contributed by atoms with Crippen LogP contribution >= 0.6 is 0 Å². The number of rotatable bonds is 6. The normalized spacial score (nSPS) is 21.3. The first kappa shape index (κ1) is 15.6. The highest BCUT2D eigenvalue weighted by Gasteiger charge is 2.35. The Hall–Kier alpha value is -2.34. The van der Waals surface area contributed by atoms with Crippen molar-refractivity contribution in [1.29, 1.82) is 0 Å². The number of aliphatic hydroxyl groups is 1. The number of carbonyl (C=O) groups is 1. The number of carbonyl (C=O) groups excluding carboxylic acids is 1. The summed E-state index contributed by atoms with van der Waals surface area (Å²) in [6.07, 6.45) is 5.17. The summed E-state index contributed by atoms with van der Waals surface area (Å²) < 4.78 is 5.19. The Morgan fingerprint density at radius 1 is 1.35 bits per heavy atom. The van der Waals surface area contributed by atoms with Gasteiger partial charge in [-0.05, 0) is 43.0 Å². The molecule has 0 spiro atoms. The van der Waals surface area contributed by atoms with Crippen LogP contribution < -0.4 is 10.6 Å². The second kappa shape index (κ2) is 7.28. The van der Waals surface area contributed by atoms with Gasteiger partial charge < -0.3 is 20.2 Å². The smallest absolute Gasteiger partial charge is 0.315 e. The van der Waals surface area contributed by atoms with E-state index >= 15 is 0 Å². The first-order chi connectivity index (χ1) is 11.2.